The molecule has 2 amide bonds. The molecule has 5 nitrogen and oxygen atoms in total. The van der Waals surface area contributed by atoms with Gasteiger partial charge in [-0.05, 0) is 49.8 Å². The van der Waals surface area contributed by atoms with Crippen molar-refractivity contribution < 1.29 is 14.3 Å². The van der Waals surface area contributed by atoms with Crippen LogP contribution in [0.5, 0.6) is 5.75 Å². The predicted octanol–water partition coefficient (Wildman–Crippen LogP) is 5.26. The summed E-state index contributed by atoms with van der Waals surface area (Å²) in [7, 11) is 0. The van der Waals surface area contributed by atoms with E-state index in [9.17, 15) is 9.59 Å². The summed E-state index contributed by atoms with van der Waals surface area (Å²) in [5.41, 5.74) is 1.97. The van der Waals surface area contributed by atoms with Crippen LogP contribution in [0, 0.1) is 5.92 Å². The average molecular weight is 427 g/mol. The molecule has 0 aromatic heterocycles. The maximum absolute atomic E-state index is 13.4. The molecule has 170 valence electrons. The van der Waals surface area contributed by atoms with Crippen LogP contribution in [-0.2, 0) is 9.59 Å². The van der Waals surface area contributed by atoms with Crippen molar-refractivity contribution in [3.63, 3.8) is 0 Å². The number of unbranched alkanes of at least 4 members (excludes halogenated alkanes) is 5. The largest absolute Gasteiger partial charge is 0.494 e. The van der Waals surface area contributed by atoms with Gasteiger partial charge in [0, 0.05) is 19.6 Å². The highest BCUT2D eigenvalue weighted by molar-refractivity contribution is 6.35. The Morgan fingerprint density at radius 2 is 1.55 bits per heavy atom. The molecule has 1 aromatic rings. The molecule has 1 aromatic carbocycles. The summed E-state index contributed by atoms with van der Waals surface area (Å²) in [4.78, 5) is 30.4. The highest BCUT2D eigenvalue weighted by Crippen LogP contribution is 2.34. The number of piperidine rings is 1. The first-order chi connectivity index (χ1) is 15.1. The van der Waals surface area contributed by atoms with E-state index in [2.05, 4.69) is 18.7 Å². The SMILES string of the molecule is CCCCCCCCN1C(=O)C(c2ccc(OCC)cc2)=C(N2CCC(C)CC2)C1=O. The number of hydrogen-bond acceptors (Lipinski definition) is 4. The van der Waals surface area contributed by atoms with Crippen LogP contribution in [0.1, 0.15) is 77.7 Å². The van der Waals surface area contributed by atoms with E-state index in [0.29, 0.717) is 30.3 Å². The third kappa shape index (κ3) is 5.69. The van der Waals surface area contributed by atoms with E-state index in [1.165, 1.54) is 30.6 Å². The number of hydrogen-bond donors (Lipinski definition) is 0. The minimum absolute atomic E-state index is 0.114. The van der Waals surface area contributed by atoms with Gasteiger partial charge in [-0.15, -0.1) is 0 Å². The van der Waals surface area contributed by atoms with Gasteiger partial charge in [-0.25, -0.2) is 0 Å². The summed E-state index contributed by atoms with van der Waals surface area (Å²) >= 11 is 0. The summed E-state index contributed by atoms with van der Waals surface area (Å²) in [6, 6.07) is 7.59. The number of nitrogens with zero attached hydrogens (tertiary/aromatic N) is 2. The van der Waals surface area contributed by atoms with Crippen LogP contribution >= 0.6 is 0 Å². The fourth-order valence-corrected chi connectivity index (χ4v) is 4.49. The Bertz CT molecular complexity index is 776. The molecule has 0 unspecified atom stereocenters. The van der Waals surface area contributed by atoms with E-state index in [0.717, 1.165) is 50.1 Å². The molecule has 3 rings (SSSR count). The molecule has 1 fully saturated rings. The van der Waals surface area contributed by atoms with Crippen molar-refractivity contribution in [1.29, 1.82) is 0 Å². The minimum atomic E-state index is -0.142. The molecule has 0 spiro atoms. The number of ether oxygens (including phenoxy) is 1. The van der Waals surface area contributed by atoms with Gasteiger partial charge in [0.1, 0.15) is 11.4 Å². The highest BCUT2D eigenvalue weighted by atomic mass is 16.5. The molecule has 0 N–H and O–H groups in total. The molecule has 0 bridgehead atoms. The lowest BCUT2D eigenvalue weighted by molar-refractivity contribution is -0.137. The molecule has 0 radical (unpaired) electrons. The molecule has 31 heavy (non-hydrogen) atoms. The lowest BCUT2D eigenvalue weighted by Crippen LogP contribution is -2.38. The number of rotatable bonds is 11. The Labute approximate surface area is 187 Å². The normalized spacial score (nSPS) is 17.8. The van der Waals surface area contributed by atoms with E-state index in [4.69, 9.17) is 4.74 Å². The van der Waals surface area contributed by atoms with Crippen LogP contribution in [0.4, 0.5) is 0 Å². The number of likely N-dealkylation sites (tertiary alicyclic amines) is 1. The van der Waals surface area contributed by atoms with Crippen molar-refractivity contribution in [3.05, 3.63) is 35.5 Å². The first kappa shape index (κ1) is 23.4. The summed E-state index contributed by atoms with van der Waals surface area (Å²) in [5.74, 6) is 1.19. The van der Waals surface area contributed by atoms with Crippen LogP contribution < -0.4 is 4.74 Å². The standard InChI is InChI=1S/C26H38N2O3/c1-4-6-7-8-9-10-17-28-25(29)23(21-11-13-22(14-12-21)31-5-2)24(26(28)30)27-18-15-20(3)16-19-27/h11-14,20H,4-10,15-19H2,1-3H3. The second-order valence-corrected chi connectivity index (χ2v) is 8.88. The van der Waals surface area contributed by atoms with E-state index >= 15 is 0 Å². The summed E-state index contributed by atoms with van der Waals surface area (Å²) < 4.78 is 5.55. The van der Waals surface area contributed by atoms with Crippen molar-refractivity contribution in [3.8, 4) is 5.75 Å². The molecule has 0 saturated carbocycles. The second kappa shape index (κ2) is 11.4. The fourth-order valence-electron chi connectivity index (χ4n) is 4.49. The molecular weight excluding hydrogens is 388 g/mol. The maximum Gasteiger partial charge on any atom is 0.277 e. The quantitative estimate of drug-likeness (QED) is 0.358. The van der Waals surface area contributed by atoms with Crippen molar-refractivity contribution in [2.45, 2.75) is 72.1 Å². The zero-order valence-corrected chi connectivity index (χ0v) is 19.5. The van der Waals surface area contributed by atoms with Gasteiger partial charge in [-0.2, -0.15) is 0 Å². The van der Waals surface area contributed by atoms with Gasteiger partial charge in [0.05, 0.1) is 12.2 Å². The van der Waals surface area contributed by atoms with Crippen molar-refractivity contribution in [2.24, 2.45) is 5.92 Å². The van der Waals surface area contributed by atoms with E-state index in [-0.39, 0.29) is 11.8 Å². The molecule has 5 heteroatoms. The Balaban J connectivity index is 1.79. The predicted molar refractivity (Wildman–Crippen MR) is 125 cm³/mol. The van der Waals surface area contributed by atoms with Gasteiger partial charge in [0.2, 0.25) is 0 Å². The van der Waals surface area contributed by atoms with Crippen molar-refractivity contribution in [1.82, 2.24) is 9.80 Å². The number of imide groups is 1. The molecule has 2 aliphatic rings. The smallest absolute Gasteiger partial charge is 0.277 e. The van der Waals surface area contributed by atoms with E-state index < -0.39 is 0 Å². The van der Waals surface area contributed by atoms with Crippen molar-refractivity contribution in [2.75, 3.05) is 26.2 Å². The first-order valence-electron chi connectivity index (χ1n) is 12.1. The van der Waals surface area contributed by atoms with Crippen LogP contribution in [0.15, 0.2) is 30.0 Å². The fraction of sp³-hybridized carbons (Fsp3) is 0.615. The highest BCUT2D eigenvalue weighted by Gasteiger charge is 2.41. The van der Waals surface area contributed by atoms with Crippen LogP contribution in [0.2, 0.25) is 0 Å². The molecular formula is C26H38N2O3. The van der Waals surface area contributed by atoms with Gasteiger partial charge < -0.3 is 9.64 Å². The van der Waals surface area contributed by atoms with E-state index in [1.807, 2.05) is 31.2 Å². The number of carbonyl (C=O) groups is 2. The number of carbonyl (C=O) groups excluding carboxylic acids is 2. The molecule has 2 heterocycles. The van der Waals surface area contributed by atoms with E-state index in [1.54, 1.807) is 0 Å². The molecule has 1 saturated heterocycles. The lowest BCUT2D eigenvalue weighted by Gasteiger charge is -2.32. The number of benzene rings is 1. The summed E-state index contributed by atoms with van der Waals surface area (Å²) in [6.07, 6.45) is 8.91. The lowest BCUT2D eigenvalue weighted by atomic mass is 9.97. The van der Waals surface area contributed by atoms with Gasteiger partial charge in [0.25, 0.3) is 11.8 Å². The average Bonchev–Trinajstić information content (AvgIpc) is 3.02. The Morgan fingerprint density at radius 1 is 0.903 bits per heavy atom. The minimum Gasteiger partial charge on any atom is -0.494 e. The number of amides is 2. The third-order valence-electron chi connectivity index (χ3n) is 6.43. The Morgan fingerprint density at radius 3 is 2.19 bits per heavy atom. The van der Waals surface area contributed by atoms with Crippen LogP contribution in [-0.4, -0.2) is 47.9 Å². The molecule has 0 atom stereocenters. The third-order valence-corrected chi connectivity index (χ3v) is 6.43. The van der Waals surface area contributed by atoms with Gasteiger partial charge in [-0.3, -0.25) is 14.5 Å². The molecule has 0 aliphatic carbocycles. The van der Waals surface area contributed by atoms with Gasteiger partial charge >= 0.3 is 0 Å². The molecule has 2 aliphatic heterocycles. The van der Waals surface area contributed by atoms with Crippen LogP contribution in [0.3, 0.4) is 0 Å². The van der Waals surface area contributed by atoms with Crippen LogP contribution in [0.25, 0.3) is 5.57 Å². The Kier molecular flexibility index (Phi) is 8.56. The van der Waals surface area contributed by atoms with Gasteiger partial charge in [-0.1, -0.05) is 58.1 Å². The summed E-state index contributed by atoms with van der Waals surface area (Å²) in [6.45, 7) is 9.19. The van der Waals surface area contributed by atoms with Crippen molar-refractivity contribution >= 4 is 17.4 Å². The maximum atomic E-state index is 13.4. The summed E-state index contributed by atoms with van der Waals surface area (Å²) in [5, 5.41) is 0. The first-order valence-corrected chi connectivity index (χ1v) is 12.1. The Hall–Kier alpha value is -2.30. The zero-order valence-electron chi connectivity index (χ0n) is 19.5. The second-order valence-electron chi connectivity index (χ2n) is 8.88. The van der Waals surface area contributed by atoms with Gasteiger partial charge in [0.15, 0.2) is 0 Å². The topological polar surface area (TPSA) is 49.9 Å². The monoisotopic (exact) mass is 426 g/mol. The zero-order chi connectivity index (χ0) is 22.2.